The van der Waals surface area contributed by atoms with Gasteiger partial charge in [0.05, 0.1) is 15.9 Å². The minimum atomic E-state index is -0.0393. The van der Waals surface area contributed by atoms with Crippen LogP contribution in [0.4, 0.5) is 0 Å². The number of fused-ring (bicyclic) bond motifs is 4. The number of hydrogen-bond donors (Lipinski definition) is 0. The number of aryl methyl sites for hydroxylation is 1. The molecule has 1 aliphatic rings. The van der Waals surface area contributed by atoms with E-state index in [1.165, 1.54) is 11.8 Å². The smallest absolute Gasteiger partial charge is 0.262 e. The van der Waals surface area contributed by atoms with E-state index in [2.05, 4.69) is 10.2 Å². The van der Waals surface area contributed by atoms with E-state index in [4.69, 9.17) is 21.1 Å². The lowest BCUT2D eigenvalue weighted by molar-refractivity contribution is 0.171. The number of aromatic nitrogens is 4. The maximum absolute atomic E-state index is 12.9. The topological polar surface area (TPSA) is 70.7 Å². The van der Waals surface area contributed by atoms with Gasteiger partial charge in [-0.3, -0.25) is 13.8 Å². The van der Waals surface area contributed by atoms with Gasteiger partial charge < -0.3 is 9.47 Å². The van der Waals surface area contributed by atoms with Gasteiger partial charge in [0.2, 0.25) is 5.78 Å². The van der Waals surface area contributed by atoms with Gasteiger partial charge >= 0.3 is 0 Å². The van der Waals surface area contributed by atoms with Gasteiger partial charge in [0.1, 0.15) is 13.2 Å². The summed E-state index contributed by atoms with van der Waals surface area (Å²) in [6.07, 6.45) is 0.832. The molecule has 4 aromatic rings. The fourth-order valence-corrected chi connectivity index (χ4v) is 4.81. The number of benzene rings is 2. The van der Waals surface area contributed by atoms with Crippen LogP contribution < -0.4 is 15.0 Å². The molecule has 0 saturated heterocycles. The Morgan fingerprint density at radius 3 is 2.87 bits per heavy atom. The number of hydrogen-bond acceptors (Lipinski definition) is 6. The summed E-state index contributed by atoms with van der Waals surface area (Å²) < 4.78 is 14.9. The van der Waals surface area contributed by atoms with Crippen LogP contribution in [0.5, 0.6) is 11.5 Å². The molecule has 5 rings (SSSR count). The highest BCUT2D eigenvalue weighted by molar-refractivity contribution is 7.98. The largest absolute Gasteiger partial charge is 0.486 e. The standard InChI is InChI=1S/C21H19ClN4O3S/c1-2-7-25-19(27)14-5-3-4-6-16(14)26-20(25)23-24-21(26)30-12-13-10-15(22)18-17(11-13)28-8-9-29-18/h3-6,10-11H,2,7-9,12H2,1H3. The number of para-hydroxylation sites is 1. The molecule has 2 aromatic heterocycles. The third kappa shape index (κ3) is 3.20. The first-order chi connectivity index (χ1) is 14.7. The van der Waals surface area contributed by atoms with E-state index >= 15 is 0 Å². The van der Waals surface area contributed by atoms with Crippen LogP contribution in [-0.4, -0.2) is 32.4 Å². The summed E-state index contributed by atoms with van der Waals surface area (Å²) in [5.41, 5.74) is 1.76. The molecule has 0 atom stereocenters. The number of halogens is 1. The monoisotopic (exact) mass is 442 g/mol. The number of nitrogens with zero attached hydrogens (tertiary/aromatic N) is 4. The molecule has 30 heavy (non-hydrogen) atoms. The summed E-state index contributed by atoms with van der Waals surface area (Å²) in [4.78, 5) is 12.9. The van der Waals surface area contributed by atoms with Crippen molar-refractivity contribution in [3.05, 3.63) is 57.3 Å². The molecule has 0 bridgehead atoms. The average molecular weight is 443 g/mol. The van der Waals surface area contributed by atoms with Crippen LogP contribution in [-0.2, 0) is 12.3 Å². The number of ether oxygens (including phenoxy) is 2. The van der Waals surface area contributed by atoms with Crippen molar-refractivity contribution < 1.29 is 9.47 Å². The van der Waals surface area contributed by atoms with E-state index in [-0.39, 0.29) is 5.56 Å². The summed E-state index contributed by atoms with van der Waals surface area (Å²) in [5.74, 6) is 2.44. The van der Waals surface area contributed by atoms with Crippen molar-refractivity contribution in [2.75, 3.05) is 13.2 Å². The van der Waals surface area contributed by atoms with Gasteiger partial charge in [0.25, 0.3) is 5.56 Å². The molecule has 0 fully saturated rings. The Kier molecular flexibility index (Phi) is 5.04. The lowest BCUT2D eigenvalue weighted by atomic mass is 10.2. The second kappa shape index (κ2) is 7.85. The quantitative estimate of drug-likeness (QED) is 0.432. The predicted octanol–water partition coefficient (Wildman–Crippen LogP) is 4.17. The third-order valence-electron chi connectivity index (χ3n) is 4.95. The highest BCUT2D eigenvalue weighted by Crippen LogP contribution is 2.39. The molecule has 0 unspecified atom stereocenters. The van der Waals surface area contributed by atoms with Crippen molar-refractivity contribution >= 4 is 40.0 Å². The Labute approximate surface area is 181 Å². The van der Waals surface area contributed by atoms with E-state index < -0.39 is 0 Å². The predicted molar refractivity (Wildman–Crippen MR) is 117 cm³/mol. The first-order valence-electron chi connectivity index (χ1n) is 9.75. The van der Waals surface area contributed by atoms with Crippen LogP contribution in [0.2, 0.25) is 5.02 Å². The van der Waals surface area contributed by atoms with Gasteiger partial charge in [0.15, 0.2) is 16.7 Å². The lowest BCUT2D eigenvalue weighted by Gasteiger charge is -2.20. The van der Waals surface area contributed by atoms with Gasteiger partial charge in [-0.25, -0.2) is 0 Å². The summed E-state index contributed by atoms with van der Waals surface area (Å²) in [6.45, 7) is 3.64. The Bertz CT molecular complexity index is 1320. The minimum absolute atomic E-state index is 0.0393. The molecule has 2 aromatic carbocycles. The summed E-state index contributed by atoms with van der Waals surface area (Å²) >= 11 is 7.90. The van der Waals surface area contributed by atoms with Crippen LogP contribution in [0.15, 0.2) is 46.3 Å². The molecule has 1 aliphatic heterocycles. The van der Waals surface area contributed by atoms with E-state index in [0.717, 1.165) is 22.7 Å². The van der Waals surface area contributed by atoms with Crippen molar-refractivity contribution in [3.8, 4) is 11.5 Å². The van der Waals surface area contributed by atoms with Crippen molar-refractivity contribution in [2.24, 2.45) is 0 Å². The van der Waals surface area contributed by atoms with Gasteiger partial charge in [-0.2, -0.15) is 0 Å². The number of rotatable bonds is 5. The average Bonchev–Trinajstić information content (AvgIpc) is 3.19. The van der Waals surface area contributed by atoms with Gasteiger partial charge in [-0.15, -0.1) is 10.2 Å². The third-order valence-corrected chi connectivity index (χ3v) is 6.23. The molecular formula is C21H19ClN4O3S. The number of thioether (sulfide) groups is 1. The second-order valence-electron chi connectivity index (χ2n) is 6.98. The molecule has 7 nitrogen and oxygen atoms in total. The minimum Gasteiger partial charge on any atom is -0.486 e. The van der Waals surface area contributed by atoms with Crippen LogP contribution >= 0.6 is 23.4 Å². The molecule has 0 aliphatic carbocycles. The maximum Gasteiger partial charge on any atom is 0.262 e. The van der Waals surface area contributed by atoms with Gasteiger partial charge in [0, 0.05) is 12.3 Å². The Balaban J connectivity index is 1.56. The van der Waals surface area contributed by atoms with Crippen molar-refractivity contribution in [3.63, 3.8) is 0 Å². The molecule has 0 spiro atoms. The van der Waals surface area contributed by atoms with Crippen LogP contribution in [0.25, 0.3) is 16.7 Å². The molecule has 0 saturated carbocycles. The Morgan fingerprint density at radius 2 is 2.00 bits per heavy atom. The first-order valence-corrected chi connectivity index (χ1v) is 11.1. The molecular weight excluding hydrogens is 424 g/mol. The summed E-state index contributed by atoms with van der Waals surface area (Å²) in [7, 11) is 0. The van der Waals surface area contributed by atoms with Crippen LogP contribution in [0, 0.1) is 0 Å². The zero-order valence-corrected chi connectivity index (χ0v) is 17.9. The fraction of sp³-hybridized carbons (Fsp3) is 0.286. The molecule has 0 N–H and O–H groups in total. The highest BCUT2D eigenvalue weighted by Gasteiger charge is 2.19. The van der Waals surface area contributed by atoms with Gasteiger partial charge in [-0.1, -0.05) is 42.4 Å². The van der Waals surface area contributed by atoms with E-state index in [1.54, 1.807) is 4.57 Å². The molecule has 0 amide bonds. The lowest BCUT2D eigenvalue weighted by Crippen LogP contribution is -2.23. The second-order valence-corrected chi connectivity index (χ2v) is 8.33. The molecule has 0 radical (unpaired) electrons. The summed E-state index contributed by atoms with van der Waals surface area (Å²) in [5, 5.41) is 10.6. The maximum atomic E-state index is 12.9. The van der Waals surface area contributed by atoms with Crippen LogP contribution in [0.3, 0.4) is 0 Å². The molecule has 3 heterocycles. The Hall–Kier alpha value is -2.71. The zero-order chi connectivity index (χ0) is 20.7. The van der Waals surface area contributed by atoms with E-state index in [9.17, 15) is 4.79 Å². The van der Waals surface area contributed by atoms with Crippen molar-refractivity contribution in [1.29, 1.82) is 0 Å². The van der Waals surface area contributed by atoms with Crippen molar-refractivity contribution in [1.82, 2.24) is 19.2 Å². The molecule has 9 heteroatoms. The Morgan fingerprint density at radius 1 is 1.17 bits per heavy atom. The van der Waals surface area contributed by atoms with Crippen molar-refractivity contribution in [2.45, 2.75) is 30.8 Å². The first kappa shape index (κ1) is 19.3. The van der Waals surface area contributed by atoms with Crippen LogP contribution in [0.1, 0.15) is 18.9 Å². The van der Waals surface area contributed by atoms with E-state index in [0.29, 0.717) is 53.2 Å². The summed E-state index contributed by atoms with van der Waals surface area (Å²) in [6, 6.07) is 11.4. The SMILES string of the molecule is CCCn1c(=O)c2ccccc2n2c(SCc3cc(Cl)c4c(c3)OCCO4)nnc12. The highest BCUT2D eigenvalue weighted by atomic mass is 35.5. The van der Waals surface area contributed by atoms with Gasteiger partial charge in [-0.05, 0) is 36.2 Å². The molecule has 154 valence electrons. The fourth-order valence-electron chi connectivity index (χ4n) is 3.65. The zero-order valence-electron chi connectivity index (χ0n) is 16.3. The van der Waals surface area contributed by atoms with E-state index in [1.807, 2.05) is 47.7 Å². The normalized spacial score (nSPS) is 13.3.